The van der Waals surface area contributed by atoms with Crippen LogP contribution in [0.25, 0.3) is 16.7 Å². The van der Waals surface area contributed by atoms with Crippen LogP contribution in [0.5, 0.6) is 0 Å². The number of alkyl halides is 1. The van der Waals surface area contributed by atoms with E-state index in [2.05, 4.69) is 20.9 Å². The van der Waals surface area contributed by atoms with Crippen LogP contribution in [0.4, 0.5) is 4.39 Å². The zero-order valence-electron chi connectivity index (χ0n) is 10.1. The van der Waals surface area contributed by atoms with Gasteiger partial charge in [0, 0.05) is 10.2 Å². The van der Waals surface area contributed by atoms with Gasteiger partial charge in [0.1, 0.15) is 11.6 Å². The molecule has 0 unspecified atom stereocenters. The largest absolute Gasteiger partial charge is 0.295 e. The number of aromatic nitrogens is 2. The minimum atomic E-state index is -0.451. The molecule has 0 amide bonds. The van der Waals surface area contributed by atoms with E-state index in [4.69, 9.17) is 23.2 Å². The standard InChI is InChI=1S/C14H8BrCl2FN2/c15-8-1-4-12-13(5-8)20(14(7-16)19-12)9-2-3-11(18)10(17)6-9/h1-6H,7H2. The van der Waals surface area contributed by atoms with Gasteiger partial charge in [0.05, 0.1) is 21.9 Å². The first-order chi connectivity index (χ1) is 9.60. The third kappa shape index (κ3) is 2.32. The number of imidazole rings is 1. The molecule has 2 aromatic carbocycles. The molecule has 1 aromatic heterocycles. The molecule has 3 aromatic rings. The van der Waals surface area contributed by atoms with Crippen molar-refractivity contribution in [3.8, 4) is 5.69 Å². The summed E-state index contributed by atoms with van der Waals surface area (Å²) in [6, 6.07) is 10.3. The van der Waals surface area contributed by atoms with Gasteiger partial charge in [-0.2, -0.15) is 0 Å². The fraction of sp³-hybridized carbons (Fsp3) is 0.0714. The van der Waals surface area contributed by atoms with Gasteiger partial charge < -0.3 is 0 Å². The zero-order valence-corrected chi connectivity index (χ0v) is 13.2. The third-order valence-electron chi connectivity index (χ3n) is 2.97. The number of halogens is 4. The van der Waals surface area contributed by atoms with Gasteiger partial charge in [-0.25, -0.2) is 9.37 Å². The lowest BCUT2D eigenvalue weighted by atomic mass is 10.2. The third-order valence-corrected chi connectivity index (χ3v) is 3.99. The first-order valence-electron chi connectivity index (χ1n) is 5.78. The molecular weight excluding hydrogens is 366 g/mol. The molecule has 0 N–H and O–H groups in total. The molecule has 102 valence electrons. The molecule has 0 atom stereocenters. The lowest BCUT2D eigenvalue weighted by molar-refractivity contribution is 0.628. The summed E-state index contributed by atoms with van der Waals surface area (Å²) in [7, 11) is 0. The first kappa shape index (κ1) is 13.9. The number of nitrogens with zero attached hydrogens (tertiary/aromatic N) is 2. The Hall–Kier alpha value is -1.10. The normalized spacial score (nSPS) is 11.2. The van der Waals surface area contributed by atoms with Crippen LogP contribution in [0.2, 0.25) is 5.02 Å². The van der Waals surface area contributed by atoms with Crippen LogP contribution >= 0.6 is 39.1 Å². The highest BCUT2D eigenvalue weighted by Crippen LogP contribution is 2.27. The summed E-state index contributed by atoms with van der Waals surface area (Å²) in [5, 5.41) is 0.0693. The molecule has 0 aliphatic carbocycles. The van der Waals surface area contributed by atoms with Crippen molar-refractivity contribution in [2.75, 3.05) is 0 Å². The summed E-state index contributed by atoms with van der Waals surface area (Å²) >= 11 is 15.3. The number of fused-ring (bicyclic) bond motifs is 1. The molecule has 0 aliphatic heterocycles. The van der Waals surface area contributed by atoms with Gasteiger partial charge in [-0.3, -0.25) is 4.57 Å². The summed E-state index contributed by atoms with van der Waals surface area (Å²) < 4.78 is 16.1. The minimum Gasteiger partial charge on any atom is -0.295 e. The van der Waals surface area contributed by atoms with E-state index in [0.717, 1.165) is 21.2 Å². The topological polar surface area (TPSA) is 17.8 Å². The summed E-state index contributed by atoms with van der Waals surface area (Å²) in [5.41, 5.74) is 2.44. The number of rotatable bonds is 2. The Bertz CT molecular complexity index is 801. The van der Waals surface area contributed by atoms with Gasteiger partial charge in [-0.15, -0.1) is 11.6 Å². The fourth-order valence-electron chi connectivity index (χ4n) is 2.10. The maximum Gasteiger partial charge on any atom is 0.141 e. The highest BCUT2D eigenvalue weighted by Gasteiger charge is 2.13. The molecule has 6 heteroatoms. The van der Waals surface area contributed by atoms with Gasteiger partial charge in [0.25, 0.3) is 0 Å². The number of hydrogen-bond acceptors (Lipinski definition) is 1. The molecule has 0 fully saturated rings. The van der Waals surface area contributed by atoms with E-state index in [1.54, 1.807) is 12.1 Å². The van der Waals surface area contributed by atoms with E-state index in [1.165, 1.54) is 6.07 Å². The highest BCUT2D eigenvalue weighted by molar-refractivity contribution is 9.10. The van der Waals surface area contributed by atoms with E-state index < -0.39 is 5.82 Å². The van der Waals surface area contributed by atoms with Crippen molar-refractivity contribution in [1.82, 2.24) is 9.55 Å². The van der Waals surface area contributed by atoms with Crippen molar-refractivity contribution < 1.29 is 4.39 Å². The molecule has 0 aliphatic rings. The number of hydrogen-bond donors (Lipinski definition) is 0. The molecule has 2 nitrogen and oxygen atoms in total. The van der Waals surface area contributed by atoms with Gasteiger partial charge in [0.2, 0.25) is 0 Å². The lowest BCUT2D eigenvalue weighted by Crippen LogP contribution is -1.99. The van der Waals surface area contributed by atoms with E-state index in [0.29, 0.717) is 5.82 Å². The Labute approximate surface area is 133 Å². The maximum atomic E-state index is 13.3. The summed E-state index contributed by atoms with van der Waals surface area (Å²) in [5.74, 6) is 0.484. The monoisotopic (exact) mass is 372 g/mol. The molecular formula is C14H8BrCl2FN2. The first-order valence-corrected chi connectivity index (χ1v) is 7.49. The van der Waals surface area contributed by atoms with Gasteiger partial charge in [-0.05, 0) is 36.4 Å². The molecule has 0 bridgehead atoms. The van der Waals surface area contributed by atoms with Crippen LogP contribution in [-0.2, 0) is 5.88 Å². The Morgan fingerprint density at radius 3 is 2.70 bits per heavy atom. The summed E-state index contributed by atoms with van der Waals surface area (Å²) in [6.45, 7) is 0. The van der Waals surface area contributed by atoms with Gasteiger partial charge in [0.15, 0.2) is 0 Å². The van der Waals surface area contributed by atoms with Gasteiger partial charge in [-0.1, -0.05) is 27.5 Å². The maximum absolute atomic E-state index is 13.3. The van der Waals surface area contributed by atoms with Crippen molar-refractivity contribution in [2.24, 2.45) is 0 Å². The quantitative estimate of drug-likeness (QED) is 0.556. The SMILES string of the molecule is Fc1ccc(-n2c(CCl)nc3ccc(Br)cc32)cc1Cl. The van der Waals surface area contributed by atoms with E-state index in [1.807, 2.05) is 22.8 Å². The summed E-state index contributed by atoms with van der Waals surface area (Å²) in [6.07, 6.45) is 0. The van der Waals surface area contributed by atoms with Crippen molar-refractivity contribution in [3.63, 3.8) is 0 Å². The van der Waals surface area contributed by atoms with Crippen LogP contribution in [-0.4, -0.2) is 9.55 Å². The molecule has 1 heterocycles. The van der Waals surface area contributed by atoms with Crippen LogP contribution < -0.4 is 0 Å². The number of benzene rings is 2. The Morgan fingerprint density at radius 1 is 1.20 bits per heavy atom. The van der Waals surface area contributed by atoms with Crippen molar-refractivity contribution in [1.29, 1.82) is 0 Å². The van der Waals surface area contributed by atoms with Crippen LogP contribution in [0, 0.1) is 5.82 Å². The van der Waals surface area contributed by atoms with Crippen LogP contribution in [0.15, 0.2) is 40.9 Å². The minimum absolute atomic E-state index is 0.0693. The highest BCUT2D eigenvalue weighted by atomic mass is 79.9. The second kappa shape index (κ2) is 5.35. The van der Waals surface area contributed by atoms with Gasteiger partial charge >= 0.3 is 0 Å². The fourth-order valence-corrected chi connectivity index (χ4v) is 2.80. The Balaban J connectivity index is 2.32. The van der Waals surface area contributed by atoms with E-state index in [-0.39, 0.29) is 10.9 Å². The Morgan fingerprint density at radius 2 is 2.00 bits per heavy atom. The molecule has 0 radical (unpaired) electrons. The van der Waals surface area contributed by atoms with E-state index >= 15 is 0 Å². The predicted octanol–water partition coefficient (Wildman–Crippen LogP) is 5.32. The second-order valence-electron chi connectivity index (χ2n) is 4.23. The molecule has 0 saturated heterocycles. The molecule has 0 saturated carbocycles. The smallest absolute Gasteiger partial charge is 0.141 e. The van der Waals surface area contributed by atoms with E-state index in [9.17, 15) is 4.39 Å². The summed E-state index contributed by atoms with van der Waals surface area (Å²) in [4.78, 5) is 4.47. The van der Waals surface area contributed by atoms with Crippen LogP contribution in [0.1, 0.15) is 5.82 Å². The van der Waals surface area contributed by atoms with Crippen molar-refractivity contribution in [3.05, 3.63) is 57.5 Å². The molecule has 0 spiro atoms. The average Bonchev–Trinajstić information content (AvgIpc) is 2.79. The lowest BCUT2D eigenvalue weighted by Gasteiger charge is -2.08. The Kier molecular flexibility index (Phi) is 3.71. The molecule has 3 rings (SSSR count). The zero-order chi connectivity index (χ0) is 14.3. The second-order valence-corrected chi connectivity index (χ2v) is 5.82. The van der Waals surface area contributed by atoms with Crippen molar-refractivity contribution >= 4 is 50.2 Å². The van der Waals surface area contributed by atoms with Crippen molar-refractivity contribution in [2.45, 2.75) is 5.88 Å². The van der Waals surface area contributed by atoms with Crippen LogP contribution in [0.3, 0.4) is 0 Å². The average molecular weight is 374 g/mol. The predicted molar refractivity (Wildman–Crippen MR) is 83.3 cm³/mol. The molecule has 20 heavy (non-hydrogen) atoms.